The quantitative estimate of drug-likeness (QED) is 0.588. The second-order valence-electron chi connectivity index (χ2n) is 5.33. The Labute approximate surface area is 127 Å². The Bertz CT molecular complexity index is 772. The maximum absolute atomic E-state index is 12.8. The van der Waals surface area contributed by atoms with Crippen LogP contribution in [0.3, 0.4) is 0 Å². The van der Waals surface area contributed by atoms with Gasteiger partial charge in [0.15, 0.2) is 0 Å². The summed E-state index contributed by atoms with van der Waals surface area (Å²) in [5.74, 6) is 0. The van der Waals surface area contributed by atoms with Crippen LogP contribution in [0.2, 0.25) is 0 Å². The molecule has 1 heterocycles. The molecule has 3 rings (SSSR count). The van der Waals surface area contributed by atoms with Crippen LogP contribution in [0.25, 0.3) is 10.9 Å². The Hall–Kier alpha value is -2.23. The molecule has 0 bridgehead atoms. The van der Waals surface area contributed by atoms with Gasteiger partial charge in [0.25, 0.3) is 0 Å². The van der Waals surface area contributed by atoms with Crippen LogP contribution in [0.15, 0.2) is 60.8 Å². The minimum absolute atomic E-state index is 0.121. The molecule has 0 saturated heterocycles. The summed E-state index contributed by atoms with van der Waals surface area (Å²) in [6.07, 6.45) is -1.57. The Kier molecular flexibility index (Phi) is 3.69. The highest BCUT2D eigenvalue weighted by molar-refractivity contribution is 5.81. The van der Waals surface area contributed by atoms with Gasteiger partial charge in [-0.1, -0.05) is 37.3 Å². The zero-order valence-electron chi connectivity index (χ0n) is 12.1. The molecule has 0 aliphatic rings. The van der Waals surface area contributed by atoms with Crippen molar-refractivity contribution in [1.29, 1.82) is 0 Å². The van der Waals surface area contributed by atoms with Gasteiger partial charge in [-0.15, -0.1) is 0 Å². The van der Waals surface area contributed by atoms with Crippen molar-refractivity contribution < 1.29 is 13.2 Å². The first-order chi connectivity index (χ1) is 10.5. The van der Waals surface area contributed by atoms with Gasteiger partial charge >= 0.3 is 6.18 Å². The molecule has 1 aromatic heterocycles. The van der Waals surface area contributed by atoms with Crippen LogP contribution >= 0.6 is 0 Å². The van der Waals surface area contributed by atoms with Gasteiger partial charge in [-0.3, -0.25) is 0 Å². The number of fused-ring (bicyclic) bond motifs is 1. The molecule has 2 aromatic carbocycles. The molecule has 0 saturated carbocycles. The van der Waals surface area contributed by atoms with E-state index in [4.69, 9.17) is 0 Å². The van der Waals surface area contributed by atoms with Crippen molar-refractivity contribution in [3.05, 3.63) is 71.9 Å². The summed E-state index contributed by atoms with van der Waals surface area (Å²) in [6, 6.07) is 15.8. The number of alkyl halides is 3. The molecule has 0 aliphatic heterocycles. The minimum atomic E-state index is -4.31. The number of benzene rings is 2. The van der Waals surface area contributed by atoms with Gasteiger partial charge in [-0.25, -0.2) is 0 Å². The highest BCUT2D eigenvalue weighted by Gasteiger charge is 2.30. The van der Waals surface area contributed by atoms with Crippen LogP contribution < -0.4 is 0 Å². The van der Waals surface area contributed by atoms with Gasteiger partial charge in [0.1, 0.15) is 0 Å². The van der Waals surface area contributed by atoms with Crippen LogP contribution in [0.1, 0.15) is 30.5 Å². The Morgan fingerprint density at radius 2 is 1.73 bits per heavy atom. The van der Waals surface area contributed by atoms with Crippen LogP contribution in [0.5, 0.6) is 0 Å². The van der Waals surface area contributed by atoms with Crippen LogP contribution in [-0.4, -0.2) is 4.57 Å². The average Bonchev–Trinajstić information content (AvgIpc) is 2.92. The number of aromatic nitrogens is 1. The average molecular weight is 303 g/mol. The third-order valence-electron chi connectivity index (χ3n) is 3.95. The predicted molar refractivity (Wildman–Crippen MR) is 81.8 cm³/mol. The smallest absolute Gasteiger partial charge is 0.340 e. The van der Waals surface area contributed by atoms with Gasteiger partial charge < -0.3 is 4.57 Å². The molecule has 114 valence electrons. The van der Waals surface area contributed by atoms with E-state index in [2.05, 4.69) is 6.92 Å². The lowest BCUT2D eigenvalue weighted by Gasteiger charge is -2.19. The summed E-state index contributed by atoms with van der Waals surface area (Å²) < 4.78 is 40.5. The van der Waals surface area contributed by atoms with E-state index in [0.717, 1.165) is 23.6 Å². The standard InChI is InChI=1S/C18H16F3N/c1-2-16(13-6-4-3-5-7-13)22-11-10-14-12-15(18(19,20)21)8-9-17(14)22/h3-12,16H,2H2,1H3. The first kappa shape index (κ1) is 14.7. The molecular formula is C18H16F3N. The molecule has 0 spiro atoms. The maximum atomic E-state index is 12.8. The summed E-state index contributed by atoms with van der Waals surface area (Å²) in [5, 5.41) is 0.615. The van der Waals surface area contributed by atoms with E-state index in [9.17, 15) is 13.2 Å². The third kappa shape index (κ3) is 2.61. The predicted octanol–water partition coefficient (Wildman–Crippen LogP) is 5.66. The first-order valence-electron chi connectivity index (χ1n) is 7.23. The van der Waals surface area contributed by atoms with Crippen molar-refractivity contribution in [3.8, 4) is 0 Å². The summed E-state index contributed by atoms with van der Waals surface area (Å²) in [7, 11) is 0. The lowest BCUT2D eigenvalue weighted by molar-refractivity contribution is -0.137. The molecule has 22 heavy (non-hydrogen) atoms. The second kappa shape index (κ2) is 5.52. The van der Waals surface area contributed by atoms with E-state index in [1.54, 1.807) is 12.1 Å². The third-order valence-corrected chi connectivity index (χ3v) is 3.95. The summed E-state index contributed by atoms with van der Waals surface area (Å²) in [4.78, 5) is 0. The normalized spacial score (nSPS) is 13.5. The van der Waals surface area contributed by atoms with E-state index in [0.29, 0.717) is 5.39 Å². The Morgan fingerprint density at radius 3 is 2.36 bits per heavy atom. The zero-order valence-corrected chi connectivity index (χ0v) is 12.1. The first-order valence-corrected chi connectivity index (χ1v) is 7.23. The van der Waals surface area contributed by atoms with Crippen molar-refractivity contribution >= 4 is 10.9 Å². The molecule has 0 radical (unpaired) electrons. The maximum Gasteiger partial charge on any atom is 0.416 e. The van der Waals surface area contributed by atoms with Gasteiger partial charge in [0, 0.05) is 17.1 Å². The minimum Gasteiger partial charge on any atom is -0.340 e. The molecule has 0 aliphatic carbocycles. The van der Waals surface area contributed by atoms with E-state index < -0.39 is 11.7 Å². The molecule has 0 N–H and O–H groups in total. The lowest BCUT2D eigenvalue weighted by atomic mass is 10.0. The lowest BCUT2D eigenvalue weighted by Crippen LogP contribution is -2.09. The summed E-state index contributed by atoms with van der Waals surface area (Å²) in [5.41, 5.74) is 1.37. The topological polar surface area (TPSA) is 4.93 Å². The van der Waals surface area contributed by atoms with Crippen LogP contribution in [-0.2, 0) is 6.18 Å². The van der Waals surface area contributed by atoms with Gasteiger partial charge in [0.2, 0.25) is 0 Å². The van der Waals surface area contributed by atoms with E-state index >= 15 is 0 Å². The van der Waals surface area contributed by atoms with Crippen molar-refractivity contribution in [2.45, 2.75) is 25.6 Å². The molecular weight excluding hydrogens is 287 g/mol. The Balaban J connectivity index is 2.08. The van der Waals surface area contributed by atoms with Crippen molar-refractivity contribution in [3.63, 3.8) is 0 Å². The fraction of sp³-hybridized carbons (Fsp3) is 0.222. The van der Waals surface area contributed by atoms with Crippen molar-refractivity contribution in [2.24, 2.45) is 0 Å². The number of hydrogen-bond donors (Lipinski definition) is 0. The fourth-order valence-electron chi connectivity index (χ4n) is 2.88. The number of rotatable bonds is 3. The van der Waals surface area contributed by atoms with Gasteiger partial charge in [-0.05, 0) is 36.2 Å². The van der Waals surface area contributed by atoms with E-state index in [-0.39, 0.29) is 6.04 Å². The molecule has 3 aromatic rings. The summed E-state index contributed by atoms with van der Waals surface area (Å²) >= 11 is 0. The SMILES string of the molecule is CCC(c1ccccc1)n1ccc2cc(C(F)(F)F)ccc21. The zero-order chi connectivity index (χ0) is 15.7. The van der Waals surface area contributed by atoms with Crippen LogP contribution in [0, 0.1) is 0 Å². The van der Waals surface area contributed by atoms with Gasteiger partial charge in [-0.2, -0.15) is 13.2 Å². The molecule has 1 atom stereocenters. The Morgan fingerprint density at radius 1 is 1.00 bits per heavy atom. The molecule has 4 heteroatoms. The van der Waals surface area contributed by atoms with E-state index in [1.165, 1.54) is 6.07 Å². The monoisotopic (exact) mass is 303 g/mol. The van der Waals surface area contributed by atoms with Crippen molar-refractivity contribution in [2.75, 3.05) is 0 Å². The van der Waals surface area contributed by atoms with Gasteiger partial charge in [0.05, 0.1) is 11.6 Å². The molecule has 0 amide bonds. The van der Waals surface area contributed by atoms with Crippen LogP contribution in [0.4, 0.5) is 13.2 Å². The fourth-order valence-corrected chi connectivity index (χ4v) is 2.88. The van der Waals surface area contributed by atoms with Crippen molar-refractivity contribution in [1.82, 2.24) is 4.57 Å². The number of nitrogens with zero attached hydrogens (tertiary/aromatic N) is 1. The number of halogens is 3. The molecule has 1 unspecified atom stereocenters. The second-order valence-corrected chi connectivity index (χ2v) is 5.33. The highest BCUT2D eigenvalue weighted by Crippen LogP contribution is 2.33. The van der Waals surface area contributed by atoms with E-state index in [1.807, 2.05) is 41.1 Å². The molecule has 1 nitrogen and oxygen atoms in total. The molecule has 0 fully saturated rings. The number of hydrogen-bond acceptors (Lipinski definition) is 0. The highest BCUT2D eigenvalue weighted by atomic mass is 19.4. The largest absolute Gasteiger partial charge is 0.416 e. The summed E-state index contributed by atoms with van der Waals surface area (Å²) in [6.45, 7) is 2.08.